The van der Waals surface area contributed by atoms with Crippen molar-refractivity contribution in [2.75, 3.05) is 0 Å². The zero-order valence-corrected chi connectivity index (χ0v) is 9.49. The predicted octanol–water partition coefficient (Wildman–Crippen LogP) is 3.02. The first-order valence-corrected chi connectivity index (χ1v) is 5.75. The highest BCUT2D eigenvalue weighted by Gasteiger charge is 2.40. The Morgan fingerprint density at radius 1 is 1.33 bits per heavy atom. The Morgan fingerprint density at radius 2 is 1.87 bits per heavy atom. The Kier molecular flexibility index (Phi) is 2.64. The van der Waals surface area contributed by atoms with Crippen LogP contribution in [0.25, 0.3) is 0 Å². The predicted molar refractivity (Wildman–Crippen MR) is 61.8 cm³/mol. The van der Waals surface area contributed by atoms with Crippen LogP contribution in [-0.2, 0) is 17.6 Å². The minimum atomic E-state index is -0.127. The topological polar surface area (TPSA) is 17.1 Å². The molecule has 0 radical (unpaired) electrons. The van der Waals surface area contributed by atoms with Crippen LogP contribution in [0.1, 0.15) is 31.4 Å². The molecule has 1 aromatic rings. The van der Waals surface area contributed by atoms with Crippen LogP contribution in [0.5, 0.6) is 0 Å². The van der Waals surface area contributed by atoms with Crippen LogP contribution >= 0.6 is 0 Å². The van der Waals surface area contributed by atoms with E-state index in [1.54, 1.807) is 0 Å². The highest BCUT2D eigenvalue weighted by Crippen LogP contribution is 2.42. The summed E-state index contributed by atoms with van der Waals surface area (Å²) < 4.78 is 0. The van der Waals surface area contributed by atoms with Gasteiger partial charge in [0, 0.05) is 5.41 Å². The van der Waals surface area contributed by atoms with E-state index in [-0.39, 0.29) is 5.41 Å². The van der Waals surface area contributed by atoms with Crippen LogP contribution in [0.3, 0.4) is 0 Å². The summed E-state index contributed by atoms with van der Waals surface area (Å²) in [5.74, 6) is 0.474. The Hall–Kier alpha value is -1.11. The SMILES string of the molecule is CCC(C)C1(C=O)Cc2ccccc2C1. The molecule has 1 heteroatoms. The first-order chi connectivity index (χ1) is 7.22. The van der Waals surface area contributed by atoms with Gasteiger partial charge in [-0.1, -0.05) is 44.5 Å². The molecule has 0 amide bonds. The molecule has 2 rings (SSSR count). The smallest absolute Gasteiger partial charge is 0.127 e. The van der Waals surface area contributed by atoms with Gasteiger partial charge in [0.1, 0.15) is 6.29 Å². The number of fused-ring (bicyclic) bond motifs is 1. The lowest BCUT2D eigenvalue weighted by molar-refractivity contribution is -0.118. The fourth-order valence-electron chi connectivity index (χ4n) is 2.63. The van der Waals surface area contributed by atoms with E-state index in [9.17, 15) is 4.79 Å². The molecule has 0 aliphatic heterocycles. The Morgan fingerprint density at radius 3 is 2.27 bits per heavy atom. The van der Waals surface area contributed by atoms with E-state index >= 15 is 0 Å². The first-order valence-electron chi connectivity index (χ1n) is 5.75. The Labute approximate surface area is 91.5 Å². The second-order valence-corrected chi connectivity index (χ2v) is 4.78. The third-order valence-corrected chi connectivity index (χ3v) is 3.99. The molecule has 0 aromatic heterocycles. The van der Waals surface area contributed by atoms with Gasteiger partial charge >= 0.3 is 0 Å². The van der Waals surface area contributed by atoms with Crippen molar-refractivity contribution in [1.82, 2.24) is 0 Å². The molecule has 15 heavy (non-hydrogen) atoms. The van der Waals surface area contributed by atoms with Crippen LogP contribution in [0, 0.1) is 11.3 Å². The molecule has 0 fully saturated rings. The van der Waals surface area contributed by atoms with E-state index in [0.717, 1.165) is 19.3 Å². The quantitative estimate of drug-likeness (QED) is 0.689. The summed E-state index contributed by atoms with van der Waals surface area (Å²) in [6, 6.07) is 8.44. The molecule has 0 spiro atoms. The van der Waals surface area contributed by atoms with E-state index in [1.807, 2.05) is 0 Å². The molecule has 1 unspecified atom stereocenters. The van der Waals surface area contributed by atoms with Crippen molar-refractivity contribution in [1.29, 1.82) is 0 Å². The molecule has 1 aliphatic rings. The molecule has 0 heterocycles. The van der Waals surface area contributed by atoms with E-state index in [4.69, 9.17) is 0 Å². The molecular weight excluding hydrogens is 184 g/mol. The van der Waals surface area contributed by atoms with Crippen molar-refractivity contribution in [3.8, 4) is 0 Å². The lowest BCUT2D eigenvalue weighted by Gasteiger charge is -2.28. The Balaban J connectivity index is 2.33. The van der Waals surface area contributed by atoms with Crippen molar-refractivity contribution in [3.05, 3.63) is 35.4 Å². The molecule has 0 bridgehead atoms. The van der Waals surface area contributed by atoms with Gasteiger partial charge in [-0.3, -0.25) is 0 Å². The molecule has 0 saturated carbocycles. The van der Waals surface area contributed by atoms with Gasteiger partial charge in [0.25, 0.3) is 0 Å². The van der Waals surface area contributed by atoms with Gasteiger partial charge in [0.15, 0.2) is 0 Å². The fraction of sp³-hybridized carbons (Fsp3) is 0.500. The van der Waals surface area contributed by atoms with Crippen molar-refractivity contribution >= 4 is 6.29 Å². The standard InChI is InChI=1S/C14H18O/c1-3-11(2)14(10-15)8-12-6-4-5-7-13(12)9-14/h4-7,10-11H,3,8-9H2,1-2H3. The summed E-state index contributed by atoms with van der Waals surface area (Å²) in [6.07, 6.45) is 4.14. The van der Waals surface area contributed by atoms with Gasteiger partial charge in [-0.15, -0.1) is 0 Å². The van der Waals surface area contributed by atoms with Gasteiger partial charge in [-0.25, -0.2) is 0 Å². The summed E-state index contributed by atoms with van der Waals surface area (Å²) >= 11 is 0. The minimum Gasteiger partial charge on any atom is -0.303 e. The van der Waals surface area contributed by atoms with E-state index in [2.05, 4.69) is 38.1 Å². The van der Waals surface area contributed by atoms with Gasteiger partial charge in [0.05, 0.1) is 0 Å². The zero-order chi connectivity index (χ0) is 10.9. The maximum absolute atomic E-state index is 11.4. The Bertz CT molecular complexity index is 342. The number of aldehydes is 1. The van der Waals surface area contributed by atoms with Gasteiger partial charge in [-0.2, -0.15) is 0 Å². The number of carbonyl (C=O) groups is 1. The maximum atomic E-state index is 11.4. The van der Waals surface area contributed by atoms with Gasteiger partial charge < -0.3 is 4.79 Å². The summed E-state index contributed by atoms with van der Waals surface area (Å²) in [5.41, 5.74) is 2.60. The summed E-state index contributed by atoms with van der Waals surface area (Å²) in [7, 11) is 0. The zero-order valence-electron chi connectivity index (χ0n) is 9.49. The maximum Gasteiger partial charge on any atom is 0.127 e. The molecule has 1 atom stereocenters. The average Bonchev–Trinajstić information content (AvgIpc) is 2.67. The van der Waals surface area contributed by atoms with Crippen molar-refractivity contribution < 1.29 is 4.79 Å². The molecule has 0 N–H and O–H groups in total. The molecule has 1 aliphatic carbocycles. The molecule has 1 aromatic carbocycles. The van der Waals surface area contributed by atoms with Crippen molar-refractivity contribution in [2.24, 2.45) is 11.3 Å². The minimum absolute atomic E-state index is 0.127. The largest absolute Gasteiger partial charge is 0.303 e. The van der Waals surface area contributed by atoms with Crippen molar-refractivity contribution in [2.45, 2.75) is 33.1 Å². The molecule has 1 nitrogen and oxygen atoms in total. The molecule has 80 valence electrons. The van der Waals surface area contributed by atoms with Gasteiger partial charge in [-0.05, 0) is 29.9 Å². The number of rotatable bonds is 3. The lowest BCUT2D eigenvalue weighted by atomic mass is 9.74. The summed E-state index contributed by atoms with van der Waals surface area (Å²) in [5, 5.41) is 0. The summed E-state index contributed by atoms with van der Waals surface area (Å²) in [4.78, 5) is 11.4. The molecular formula is C14H18O. The van der Waals surface area contributed by atoms with Crippen molar-refractivity contribution in [3.63, 3.8) is 0 Å². The van der Waals surface area contributed by atoms with Gasteiger partial charge in [0.2, 0.25) is 0 Å². The van der Waals surface area contributed by atoms with Crippen LogP contribution < -0.4 is 0 Å². The third kappa shape index (κ3) is 1.60. The third-order valence-electron chi connectivity index (χ3n) is 3.99. The van der Waals surface area contributed by atoms with Crippen LogP contribution in [0.15, 0.2) is 24.3 Å². The second kappa shape index (κ2) is 3.80. The van der Waals surface area contributed by atoms with Crippen LogP contribution in [-0.4, -0.2) is 6.29 Å². The van der Waals surface area contributed by atoms with E-state index in [1.165, 1.54) is 17.4 Å². The number of benzene rings is 1. The van der Waals surface area contributed by atoms with Crippen LogP contribution in [0.4, 0.5) is 0 Å². The monoisotopic (exact) mass is 202 g/mol. The fourth-order valence-corrected chi connectivity index (χ4v) is 2.63. The summed E-state index contributed by atoms with van der Waals surface area (Å²) in [6.45, 7) is 4.36. The van der Waals surface area contributed by atoms with E-state index < -0.39 is 0 Å². The average molecular weight is 202 g/mol. The normalized spacial score (nSPS) is 19.6. The highest BCUT2D eigenvalue weighted by atomic mass is 16.1. The molecule has 0 saturated heterocycles. The first kappa shape index (κ1) is 10.4. The second-order valence-electron chi connectivity index (χ2n) is 4.78. The number of hydrogen-bond donors (Lipinski definition) is 0. The van der Waals surface area contributed by atoms with Crippen LogP contribution in [0.2, 0.25) is 0 Å². The highest BCUT2D eigenvalue weighted by molar-refractivity contribution is 5.64. The number of hydrogen-bond acceptors (Lipinski definition) is 1. The van der Waals surface area contributed by atoms with E-state index in [0.29, 0.717) is 5.92 Å². The number of carbonyl (C=O) groups excluding carboxylic acids is 1. The lowest BCUT2D eigenvalue weighted by Crippen LogP contribution is -2.31.